The zero-order chi connectivity index (χ0) is 31.2. The summed E-state index contributed by atoms with van der Waals surface area (Å²) in [7, 11) is -4.17. The molecule has 0 spiro atoms. The third kappa shape index (κ3) is 8.90. The minimum atomic E-state index is -4.17. The van der Waals surface area contributed by atoms with Crippen molar-refractivity contribution in [2.75, 3.05) is 23.8 Å². The molecule has 43 heavy (non-hydrogen) atoms. The summed E-state index contributed by atoms with van der Waals surface area (Å²) in [4.78, 5) is 5.49. The molecular weight excluding hydrogens is 564 g/mol. The summed E-state index contributed by atoms with van der Waals surface area (Å²) >= 11 is 0. The minimum Gasteiger partial charge on any atom is -0.748 e. The van der Waals surface area contributed by atoms with E-state index in [1.165, 1.54) is 0 Å². The van der Waals surface area contributed by atoms with E-state index in [1.807, 2.05) is 54.6 Å². The van der Waals surface area contributed by atoms with E-state index >= 15 is 0 Å². The number of aliphatic hydroxyl groups is 1. The number of hydrogen-bond acceptors (Lipinski definition) is 8. The fourth-order valence-corrected chi connectivity index (χ4v) is 4.41. The number of hydrogen-bond donors (Lipinski definition) is 1. The highest BCUT2D eigenvalue weighted by Crippen LogP contribution is 2.42. The van der Waals surface area contributed by atoms with Crippen LogP contribution in [0.3, 0.4) is 0 Å². The van der Waals surface area contributed by atoms with Crippen molar-refractivity contribution in [2.24, 2.45) is 0 Å². The quantitative estimate of drug-likeness (QED) is 0.137. The Bertz CT molecular complexity index is 1730. The van der Waals surface area contributed by atoms with Crippen LogP contribution >= 0.6 is 0 Å². The van der Waals surface area contributed by atoms with E-state index in [0.29, 0.717) is 17.0 Å². The molecular formula is C33H29N4O5S-. The fourth-order valence-electron chi connectivity index (χ4n) is 4.19. The van der Waals surface area contributed by atoms with E-state index in [0.717, 1.165) is 42.0 Å². The van der Waals surface area contributed by atoms with E-state index < -0.39 is 22.5 Å². The topological polar surface area (TPSA) is 142 Å². The van der Waals surface area contributed by atoms with Gasteiger partial charge >= 0.3 is 0 Å². The molecule has 1 heterocycles. The summed E-state index contributed by atoms with van der Waals surface area (Å²) in [5.74, 6) is 0.666. The number of rotatable bonds is 9. The molecule has 1 aliphatic rings. The van der Waals surface area contributed by atoms with Gasteiger partial charge in [0.15, 0.2) is 5.75 Å². The zero-order valence-electron chi connectivity index (χ0n) is 23.5. The Hall–Kier alpha value is -5.18. The van der Waals surface area contributed by atoms with Gasteiger partial charge in [-0.2, -0.15) is 5.26 Å². The Morgan fingerprint density at radius 3 is 2.26 bits per heavy atom. The minimum absolute atomic E-state index is 0.127. The van der Waals surface area contributed by atoms with Gasteiger partial charge in [0.1, 0.15) is 0 Å². The highest BCUT2D eigenvalue weighted by atomic mass is 32.2. The summed E-state index contributed by atoms with van der Waals surface area (Å²) in [6.45, 7) is 9.76. The van der Waals surface area contributed by atoms with Crippen molar-refractivity contribution in [1.29, 1.82) is 10.5 Å². The monoisotopic (exact) mass is 593 g/mol. The number of benzene rings is 3. The molecule has 0 radical (unpaired) electrons. The lowest BCUT2D eigenvalue weighted by Gasteiger charge is -2.18. The normalized spacial score (nSPS) is 13.8. The van der Waals surface area contributed by atoms with Gasteiger partial charge in [0.2, 0.25) is 5.88 Å². The molecule has 0 fully saturated rings. The van der Waals surface area contributed by atoms with Crippen LogP contribution in [0.15, 0.2) is 108 Å². The van der Waals surface area contributed by atoms with Gasteiger partial charge in [-0.05, 0) is 41.3 Å². The highest BCUT2D eigenvalue weighted by molar-refractivity contribution is 7.85. The van der Waals surface area contributed by atoms with Crippen molar-refractivity contribution in [3.8, 4) is 29.0 Å². The molecule has 0 aromatic heterocycles. The van der Waals surface area contributed by atoms with Crippen LogP contribution in [0.4, 0.5) is 5.69 Å². The van der Waals surface area contributed by atoms with E-state index in [9.17, 15) is 23.5 Å². The van der Waals surface area contributed by atoms with Crippen molar-refractivity contribution in [3.05, 3.63) is 125 Å². The largest absolute Gasteiger partial charge is 0.748 e. The molecule has 3 aromatic carbocycles. The number of unbranched alkanes of at least 4 members (excludes halogenated alkanes) is 1. The van der Waals surface area contributed by atoms with Crippen LogP contribution in [0.2, 0.25) is 0 Å². The predicted molar refractivity (Wildman–Crippen MR) is 164 cm³/mol. The zero-order valence-corrected chi connectivity index (χ0v) is 24.3. The lowest BCUT2D eigenvalue weighted by Crippen LogP contribution is -2.21. The number of allylic oxidation sites excluding steroid dienone is 5. The average Bonchev–Trinajstić information content (AvgIpc) is 3.36. The van der Waals surface area contributed by atoms with Crippen molar-refractivity contribution in [1.82, 2.24) is 0 Å². The molecule has 0 bridgehead atoms. The summed E-state index contributed by atoms with van der Waals surface area (Å²) in [5, 5.41) is 27.3. The Morgan fingerprint density at radius 1 is 1.05 bits per heavy atom. The third-order valence-corrected chi connectivity index (χ3v) is 6.90. The van der Waals surface area contributed by atoms with Crippen LogP contribution in [-0.2, 0) is 10.1 Å². The summed E-state index contributed by atoms with van der Waals surface area (Å²) in [6.07, 6.45) is 5.37. The van der Waals surface area contributed by atoms with Crippen LogP contribution < -0.4 is 9.64 Å². The second-order valence-corrected chi connectivity index (χ2v) is 10.7. The van der Waals surface area contributed by atoms with Crippen LogP contribution in [0.25, 0.3) is 21.5 Å². The fraction of sp³-hybridized carbons (Fsp3) is 0.182. The molecule has 0 saturated carbocycles. The first-order valence-corrected chi connectivity index (χ1v) is 14.9. The van der Waals surface area contributed by atoms with Crippen LogP contribution in [0, 0.1) is 29.2 Å². The summed E-state index contributed by atoms with van der Waals surface area (Å²) in [6, 6.07) is 29.5. The molecule has 1 aliphatic heterocycles. The third-order valence-electron chi connectivity index (χ3n) is 6.21. The molecule has 1 N–H and O–H groups in total. The lowest BCUT2D eigenvalue weighted by molar-refractivity contribution is 0.314. The van der Waals surface area contributed by atoms with Gasteiger partial charge in [0.25, 0.3) is 5.70 Å². The van der Waals surface area contributed by atoms with Gasteiger partial charge in [-0.3, -0.25) is 0 Å². The molecule has 4 rings (SSSR count). The Kier molecular flexibility index (Phi) is 11.8. The number of aliphatic hydroxyl groups excluding tert-OH is 1. The Balaban J connectivity index is 0.000000646. The lowest BCUT2D eigenvalue weighted by atomic mass is 9.96. The molecule has 0 saturated heterocycles. The van der Waals surface area contributed by atoms with Gasteiger partial charge in [0.05, 0.1) is 52.4 Å². The van der Waals surface area contributed by atoms with Gasteiger partial charge in [-0.15, -0.1) is 0 Å². The molecule has 0 aliphatic carbocycles. The van der Waals surface area contributed by atoms with Crippen LogP contribution in [0.1, 0.15) is 25.3 Å². The molecule has 218 valence electrons. The molecule has 3 aromatic rings. The SMILES string of the molecule is O=S(=O)([O-])CCO.[C-]#[N+]/C(C#N)=C(\C(C#N)=CC=C1Oc2ccc(-c3ccccc3)cc2N1CCCC)c1ccccc1. The number of ether oxygens (including phenoxy) is 1. The van der Waals surface area contributed by atoms with Gasteiger partial charge in [-0.25, -0.2) is 18.5 Å². The summed E-state index contributed by atoms with van der Waals surface area (Å²) in [5.41, 5.74) is 4.25. The second kappa shape index (κ2) is 15.7. The first-order chi connectivity index (χ1) is 20.8. The maximum absolute atomic E-state index is 9.97. The van der Waals surface area contributed by atoms with Crippen molar-refractivity contribution in [2.45, 2.75) is 19.8 Å². The highest BCUT2D eigenvalue weighted by Gasteiger charge is 2.26. The van der Waals surface area contributed by atoms with Gasteiger partial charge in [-0.1, -0.05) is 80.1 Å². The first kappa shape index (κ1) is 32.3. The van der Waals surface area contributed by atoms with Crippen LogP contribution in [-0.4, -0.2) is 37.0 Å². The molecule has 0 amide bonds. The van der Waals surface area contributed by atoms with E-state index in [-0.39, 0.29) is 11.3 Å². The van der Waals surface area contributed by atoms with Gasteiger partial charge < -0.3 is 19.3 Å². The Morgan fingerprint density at radius 2 is 1.72 bits per heavy atom. The number of nitrogens with zero attached hydrogens (tertiary/aromatic N) is 4. The van der Waals surface area contributed by atoms with E-state index in [2.05, 4.69) is 40.9 Å². The Labute approximate surface area is 252 Å². The van der Waals surface area contributed by atoms with E-state index in [1.54, 1.807) is 24.3 Å². The van der Waals surface area contributed by atoms with Crippen LogP contribution in [0.5, 0.6) is 5.75 Å². The number of nitriles is 2. The maximum atomic E-state index is 9.97. The second-order valence-electron chi connectivity index (χ2n) is 9.15. The van der Waals surface area contributed by atoms with Gasteiger partial charge in [0, 0.05) is 18.2 Å². The molecule has 10 heteroatoms. The van der Waals surface area contributed by atoms with Crippen molar-refractivity contribution in [3.63, 3.8) is 0 Å². The number of fused-ring (bicyclic) bond motifs is 1. The predicted octanol–water partition coefficient (Wildman–Crippen LogP) is 6.02. The van der Waals surface area contributed by atoms with E-state index in [4.69, 9.17) is 16.4 Å². The average molecular weight is 594 g/mol. The molecule has 0 unspecified atom stereocenters. The molecule has 9 nitrogen and oxygen atoms in total. The van der Waals surface area contributed by atoms with Crippen molar-refractivity contribution >= 4 is 21.4 Å². The maximum Gasteiger partial charge on any atom is 0.270 e. The number of anilines is 1. The first-order valence-electron chi connectivity index (χ1n) is 13.3. The smallest absolute Gasteiger partial charge is 0.270 e. The van der Waals surface area contributed by atoms with Crippen molar-refractivity contribution < 1.29 is 22.8 Å². The summed E-state index contributed by atoms with van der Waals surface area (Å²) < 4.78 is 34.7. The molecule has 0 atom stereocenters. The standard InChI is InChI=1S/C31H24N4O.C2H6O4S/c1-3-4-19-35-28-20-25(23-11-7-5-8-12-23)15-17-29(28)36-30(35)18-16-26(21-32)31(27(22-33)34-2)24-13-9-6-10-14-24;3-1-2-7(4,5)6/h5-18,20H,3-4,19H2,1H3;3H,1-2H2,(H,4,5,6)/p-1/b26-16?,30-18?,31-27-;.